The lowest BCUT2D eigenvalue weighted by atomic mass is 10.1. The monoisotopic (exact) mass is 409 g/mol. The van der Waals surface area contributed by atoms with E-state index in [0.29, 0.717) is 22.8 Å². The summed E-state index contributed by atoms with van der Waals surface area (Å²) in [5.74, 6) is 0.630. The van der Waals surface area contributed by atoms with E-state index in [-0.39, 0.29) is 11.7 Å². The average molecular weight is 409 g/mol. The van der Waals surface area contributed by atoms with Crippen molar-refractivity contribution in [3.8, 4) is 11.5 Å². The van der Waals surface area contributed by atoms with E-state index < -0.39 is 10.9 Å². The molecule has 0 aliphatic heterocycles. The summed E-state index contributed by atoms with van der Waals surface area (Å²) in [5, 5.41) is 7.22. The van der Waals surface area contributed by atoms with Crippen LogP contribution in [0.2, 0.25) is 0 Å². The van der Waals surface area contributed by atoms with Gasteiger partial charge in [0.1, 0.15) is 22.7 Å². The van der Waals surface area contributed by atoms with Crippen molar-refractivity contribution in [1.29, 1.82) is 0 Å². The Morgan fingerprint density at radius 3 is 2.42 bits per heavy atom. The van der Waals surface area contributed by atoms with Crippen molar-refractivity contribution >= 4 is 28.0 Å². The van der Waals surface area contributed by atoms with Crippen LogP contribution in [0.15, 0.2) is 93.0 Å². The SMILES string of the molecule is C[C@@H](Nc1c(Nc2ccnc(-c3cc4ccccc4o3)c2)c(=O)c1=O)c1ccccc1. The first-order chi connectivity index (χ1) is 15.1. The van der Waals surface area contributed by atoms with Crippen molar-refractivity contribution < 1.29 is 4.42 Å². The number of nitrogens with zero attached hydrogens (tertiary/aromatic N) is 1. The highest BCUT2D eigenvalue weighted by Gasteiger charge is 2.23. The molecule has 5 aromatic rings. The average Bonchev–Trinajstić information content (AvgIpc) is 3.26. The summed E-state index contributed by atoms with van der Waals surface area (Å²) in [6.45, 7) is 1.95. The minimum absolute atomic E-state index is 0.117. The quantitative estimate of drug-likeness (QED) is 0.384. The third kappa shape index (κ3) is 3.48. The highest BCUT2D eigenvalue weighted by Crippen LogP contribution is 2.30. The predicted octanol–water partition coefficient (Wildman–Crippen LogP) is 5.01. The van der Waals surface area contributed by atoms with Gasteiger partial charge in [-0.15, -0.1) is 0 Å². The van der Waals surface area contributed by atoms with Gasteiger partial charge in [-0.2, -0.15) is 0 Å². The van der Waals surface area contributed by atoms with E-state index >= 15 is 0 Å². The van der Waals surface area contributed by atoms with Crippen LogP contribution in [0.1, 0.15) is 18.5 Å². The van der Waals surface area contributed by atoms with Crippen molar-refractivity contribution in [2.75, 3.05) is 10.6 Å². The Bertz CT molecular complexity index is 1410. The molecule has 0 aliphatic carbocycles. The van der Waals surface area contributed by atoms with Crippen LogP contribution < -0.4 is 21.5 Å². The van der Waals surface area contributed by atoms with E-state index in [1.807, 2.05) is 67.6 Å². The van der Waals surface area contributed by atoms with Crippen molar-refractivity contribution in [1.82, 2.24) is 4.98 Å². The van der Waals surface area contributed by atoms with E-state index in [4.69, 9.17) is 4.42 Å². The van der Waals surface area contributed by atoms with Gasteiger partial charge in [-0.3, -0.25) is 14.6 Å². The van der Waals surface area contributed by atoms with E-state index in [9.17, 15) is 9.59 Å². The Morgan fingerprint density at radius 1 is 0.871 bits per heavy atom. The molecule has 6 nitrogen and oxygen atoms in total. The molecule has 2 heterocycles. The molecule has 2 N–H and O–H groups in total. The van der Waals surface area contributed by atoms with Crippen LogP contribution in [-0.4, -0.2) is 4.98 Å². The number of fused-ring (bicyclic) bond motifs is 1. The second-order valence-electron chi connectivity index (χ2n) is 7.39. The maximum absolute atomic E-state index is 12.2. The molecule has 0 saturated heterocycles. The number of hydrogen-bond donors (Lipinski definition) is 2. The molecule has 6 heteroatoms. The van der Waals surface area contributed by atoms with Crippen LogP contribution in [-0.2, 0) is 0 Å². The molecule has 3 aromatic carbocycles. The second kappa shape index (κ2) is 7.57. The fraction of sp³-hybridized carbons (Fsp3) is 0.0800. The third-order valence-electron chi connectivity index (χ3n) is 5.28. The second-order valence-corrected chi connectivity index (χ2v) is 7.39. The predicted molar refractivity (Wildman–Crippen MR) is 123 cm³/mol. The van der Waals surface area contributed by atoms with E-state index in [0.717, 1.165) is 16.5 Å². The first-order valence-corrected chi connectivity index (χ1v) is 9.97. The first-order valence-electron chi connectivity index (χ1n) is 9.97. The van der Waals surface area contributed by atoms with Crippen LogP contribution in [0.25, 0.3) is 22.4 Å². The molecular weight excluding hydrogens is 390 g/mol. The molecule has 0 unspecified atom stereocenters. The fourth-order valence-electron chi connectivity index (χ4n) is 3.59. The van der Waals surface area contributed by atoms with Gasteiger partial charge in [0.2, 0.25) is 0 Å². The van der Waals surface area contributed by atoms with Crippen LogP contribution in [0.3, 0.4) is 0 Å². The molecule has 2 aromatic heterocycles. The zero-order valence-electron chi connectivity index (χ0n) is 16.8. The van der Waals surface area contributed by atoms with Crippen LogP contribution in [0.5, 0.6) is 0 Å². The molecule has 0 fully saturated rings. The van der Waals surface area contributed by atoms with Gasteiger partial charge in [-0.05, 0) is 36.8 Å². The molecular formula is C25H19N3O3. The number of hydrogen-bond acceptors (Lipinski definition) is 6. The molecule has 0 spiro atoms. The summed E-state index contributed by atoms with van der Waals surface area (Å²) >= 11 is 0. The summed E-state index contributed by atoms with van der Waals surface area (Å²) in [4.78, 5) is 28.8. The molecule has 0 bridgehead atoms. The maximum atomic E-state index is 12.2. The minimum atomic E-state index is -0.537. The minimum Gasteiger partial charge on any atom is -0.454 e. The third-order valence-corrected chi connectivity index (χ3v) is 5.28. The number of pyridine rings is 1. The molecule has 1 atom stereocenters. The van der Waals surface area contributed by atoms with Gasteiger partial charge in [-0.1, -0.05) is 48.5 Å². The summed E-state index contributed by atoms with van der Waals surface area (Å²) in [6.07, 6.45) is 1.63. The summed E-state index contributed by atoms with van der Waals surface area (Å²) in [7, 11) is 0. The first kappa shape index (κ1) is 18.8. The molecule has 5 rings (SSSR count). The number of furan rings is 1. The highest BCUT2D eigenvalue weighted by molar-refractivity contribution is 5.83. The lowest BCUT2D eigenvalue weighted by Gasteiger charge is -2.20. The van der Waals surface area contributed by atoms with Gasteiger partial charge in [0.05, 0.1) is 0 Å². The summed E-state index contributed by atoms with van der Waals surface area (Å²) in [6, 6.07) is 22.8. The van der Waals surface area contributed by atoms with E-state index in [1.165, 1.54) is 0 Å². The van der Waals surface area contributed by atoms with Gasteiger partial charge in [0.15, 0.2) is 5.76 Å². The standard InChI is InChI=1S/C25H19N3O3/c1-15(16-7-3-2-4-8-16)27-22-23(25(30)24(22)29)28-18-11-12-26-19(14-18)21-13-17-9-5-6-10-20(17)31-21/h2-15,27H,1H3,(H,26,28)/t15-/m1/s1. The molecule has 0 saturated carbocycles. The van der Waals surface area contributed by atoms with Crippen molar-refractivity contribution in [2.24, 2.45) is 0 Å². The number of aromatic nitrogens is 1. The van der Waals surface area contributed by atoms with Crippen LogP contribution >= 0.6 is 0 Å². The van der Waals surface area contributed by atoms with Crippen molar-refractivity contribution in [3.63, 3.8) is 0 Å². The Morgan fingerprint density at radius 2 is 1.61 bits per heavy atom. The van der Waals surface area contributed by atoms with Gasteiger partial charge in [0.25, 0.3) is 10.9 Å². The van der Waals surface area contributed by atoms with Gasteiger partial charge >= 0.3 is 0 Å². The lowest BCUT2D eigenvalue weighted by Crippen LogP contribution is -2.37. The maximum Gasteiger partial charge on any atom is 0.253 e. The number of para-hydroxylation sites is 1. The molecule has 0 aliphatic rings. The van der Waals surface area contributed by atoms with Gasteiger partial charge in [-0.25, -0.2) is 0 Å². The topological polar surface area (TPSA) is 84.2 Å². The fourth-order valence-corrected chi connectivity index (χ4v) is 3.59. The molecule has 0 radical (unpaired) electrons. The van der Waals surface area contributed by atoms with E-state index in [2.05, 4.69) is 15.6 Å². The molecule has 0 amide bonds. The lowest BCUT2D eigenvalue weighted by molar-refractivity contribution is 0.629. The van der Waals surface area contributed by atoms with Crippen LogP contribution in [0.4, 0.5) is 17.1 Å². The van der Waals surface area contributed by atoms with Crippen molar-refractivity contribution in [2.45, 2.75) is 13.0 Å². The number of anilines is 3. The number of nitrogens with one attached hydrogen (secondary N) is 2. The number of rotatable bonds is 6. The summed E-state index contributed by atoms with van der Waals surface area (Å²) < 4.78 is 5.88. The number of benzene rings is 2. The Balaban J connectivity index is 1.41. The Hall–Kier alpha value is -4.19. The smallest absolute Gasteiger partial charge is 0.253 e. The van der Waals surface area contributed by atoms with Crippen LogP contribution in [0, 0.1) is 0 Å². The Labute approximate surface area is 177 Å². The van der Waals surface area contributed by atoms with Gasteiger partial charge in [0, 0.05) is 23.3 Å². The largest absolute Gasteiger partial charge is 0.454 e. The normalized spacial score (nSPS) is 12.2. The summed E-state index contributed by atoms with van der Waals surface area (Å²) in [5.41, 5.74) is 2.58. The van der Waals surface area contributed by atoms with Gasteiger partial charge < -0.3 is 15.1 Å². The zero-order chi connectivity index (χ0) is 21.4. The highest BCUT2D eigenvalue weighted by atomic mass is 16.3. The van der Waals surface area contributed by atoms with Crippen molar-refractivity contribution in [3.05, 3.63) is 105 Å². The molecule has 152 valence electrons. The zero-order valence-corrected chi connectivity index (χ0v) is 16.8. The molecule has 31 heavy (non-hydrogen) atoms. The van der Waals surface area contributed by atoms with E-state index in [1.54, 1.807) is 18.3 Å². The Kier molecular flexibility index (Phi) is 4.59.